The third-order valence-corrected chi connectivity index (χ3v) is 6.56. The molecule has 0 aromatic heterocycles. The number of carbonyl (C=O) groups excluding carboxylic acids is 2. The maximum absolute atomic E-state index is 13.1. The minimum Gasteiger partial charge on any atom is -0.507 e. The Morgan fingerprint density at radius 3 is 2.06 bits per heavy atom. The molecule has 3 aromatic rings. The molecule has 3 aromatic carbocycles. The Morgan fingerprint density at radius 1 is 0.971 bits per heavy atom. The monoisotopic (exact) mass is 493 g/mol. The van der Waals surface area contributed by atoms with Gasteiger partial charge in [-0.25, -0.2) is 13.6 Å². The first-order valence-electron chi connectivity index (χ1n) is 10.2. The largest absolute Gasteiger partial charge is 0.507 e. The van der Waals surface area contributed by atoms with Gasteiger partial charge >= 0.3 is 0 Å². The normalized spacial score (nSPS) is 17.5. The van der Waals surface area contributed by atoms with Gasteiger partial charge in [-0.1, -0.05) is 29.8 Å². The van der Waals surface area contributed by atoms with Crippen molar-refractivity contribution in [2.45, 2.75) is 17.9 Å². The van der Waals surface area contributed by atoms with E-state index in [9.17, 15) is 33.2 Å². The number of nitrogens with zero attached hydrogens (tertiary/aromatic N) is 2. The maximum atomic E-state index is 13.1. The van der Waals surface area contributed by atoms with Crippen molar-refractivity contribution in [1.29, 1.82) is 0 Å². The van der Waals surface area contributed by atoms with Gasteiger partial charge in [0.15, 0.2) is 0 Å². The molecule has 11 heteroatoms. The number of benzene rings is 3. The van der Waals surface area contributed by atoms with E-state index in [4.69, 9.17) is 5.14 Å². The molecule has 1 saturated heterocycles. The quantitative estimate of drug-likeness (QED) is 0.181. The molecule has 35 heavy (non-hydrogen) atoms. The number of hydrogen-bond donors (Lipinski definition) is 2. The number of nitro benzene ring substituents is 1. The highest BCUT2D eigenvalue weighted by Crippen LogP contribution is 2.42. The number of Topliss-reactive ketones (excluding diaryl/α,β-unsaturated/α-hetero) is 1. The van der Waals surface area contributed by atoms with Gasteiger partial charge in [0.2, 0.25) is 10.0 Å². The summed E-state index contributed by atoms with van der Waals surface area (Å²) < 4.78 is 23.2. The van der Waals surface area contributed by atoms with Crippen LogP contribution < -0.4 is 10.0 Å². The molecule has 1 heterocycles. The predicted molar refractivity (Wildman–Crippen MR) is 127 cm³/mol. The van der Waals surface area contributed by atoms with E-state index >= 15 is 0 Å². The van der Waals surface area contributed by atoms with E-state index in [2.05, 4.69) is 0 Å². The van der Waals surface area contributed by atoms with Crippen molar-refractivity contribution in [3.05, 3.63) is 105 Å². The summed E-state index contributed by atoms with van der Waals surface area (Å²) in [7, 11) is -3.99. The highest BCUT2D eigenvalue weighted by atomic mass is 32.2. The lowest BCUT2D eigenvalue weighted by atomic mass is 9.94. The second kappa shape index (κ2) is 8.78. The number of anilines is 1. The minimum atomic E-state index is -3.99. The molecule has 0 radical (unpaired) electrons. The number of non-ortho nitro benzene ring substituents is 1. The van der Waals surface area contributed by atoms with E-state index < -0.39 is 38.4 Å². The smallest absolute Gasteiger partial charge is 0.300 e. The van der Waals surface area contributed by atoms with Gasteiger partial charge < -0.3 is 5.11 Å². The van der Waals surface area contributed by atoms with Crippen LogP contribution in [0.15, 0.2) is 83.3 Å². The minimum absolute atomic E-state index is 0.172. The lowest BCUT2D eigenvalue weighted by Crippen LogP contribution is -2.29. The van der Waals surface area contributed by atoms with Crippen molar-refractivity contribution in [2.75, 3.05) is 4.90 Å². The fourth-order valence-electron chi connectivity index (χ4n) is 3.86. The number of rotatable bonds is 5. The SMILES string of the molecule is Cc1ccc(/C(O)=C2\C(=O)C(=O)N(c3ccc(S(N)(=O)=O)cc3)C2c2ccc([N+](=O)[O-])cc2)cc1. The second-order valence-corrected chi connectivity index (χ2v) is 9.48. The summed E-state index contributed by atoms with van der Waals surface area (Å²) in [6, 6.07) is 15.8. The summed E-state index contributed by atoms with van der Waals surface area (Å²) in [5, 5.41) is 27.3. The molecule has 3 N–H and O–H groups in total. The average Bonchev–Trinajstić information content (AvgIpc) is 3.09. The zero-order chi connectivity index (χ0) is 25.5. The van der Waals surface area contributed by atoms with Crippen LogP contribution in [0.3, 0.4) is 0 Å². The van der Waals surface area contributed by atoms with Crippen molar-refractivity contribution in [3.63, 3.8) is 0 Å². The second-order valence-electron chi connectivity index (χ2n) is 7.92. The molecular weight excluding hydrogens is 474 g/mol. The Labute approximate surface area is 200 Å². The Kier molecular flexibility index (Phi) is 5.97. The predicted octanol–water partition coefficient (Wildman–Crippen LogP) is 3.18. The lowest BCUT2D eigenvalue weighted by molar-refractivity contribution is -0.384. The van der Waals surface area contributed by atoms with Crippen molar-refractivity contribution in [1.82, 2.24) is 0 Å². The third-order valence-electron chi connectivity index (χ3n) is 5.63. The van der Waals surface area contributed by atoms with Crippen molar-refractivity contribution in [2.24, 2.45) is 5.14 Å². The first-order chi connectivity index (χ1) is 16.5. The molecule has 1 amide bonds. The number of hydrogen-bond acceptors (Lipinski definition) is 7. The molecule has 0 bridgehead atoms. The van der Waals surface area contributed by atoms with Crippen LogP contribution >= 0.6 is 0 Å². The van der Waals surface area contributed by atoms with Gasteiger partial charge in [-0.3, -0.25) is 24.6 Å². The Balaban J connectivity index is 1.92. The molecule has 1 fully saturated rings. The molecule has 0 aliphatic carbocycles. The van der Waals surface area contributed by atoms with Gasteiger partial charge in [0.05, 0.1) is 21.4 Å². The number of aliphatic hydroxyl groups excluding tert-OH is 1. The number of aliphatic hydroxyl groups is 1. The molecule has 0 saturated carbocycles. The lowest BCUT2D eigenvalue weighted by Gasteiger charge is -2.25. The summed E-state index contributed by atoms with van der Waals surface area (Å²) in [5.74, 6) is -2.32. The van der Waals surface area contributed by atoms with Gasteiger partial charge in [0.25, 0.3) is 17.4 Å². The highest BCUT2D eigenvalue weighted by molar-refractivity contribution is 7.89. The average molecular weight is 493 g/mol. The van der Waals surface area contributed by atoms with Gasteiger partial charge in [-0.05, 0) is 48.9 Å². The topological polar surface area (TPSA) is 161 Å². The van der Waals surface area contributed by atoms with Gasteiger partial charge in [0.1, 0.15) is 5.76 Å². The zero-order valence-corrected chi connectivity index (χ0v) is 19.1. The van der Waals surface area contributed by atoms with Crippen molar-refractivity contribution >= 4 is 38.8 Å². The molecule has 1 unspecified atom stereocenters. The number of carbonyl (C=O) groups is 2. The fourth-order valence-corrected chi connectivity index (χ4v) is 4.37. The number of sulfonamides is 1. The Bertz CT molecular complexity index is 1480. The van der Waals surface area contributed by atoms with Crippen LogP contribution in [0.1, 0.15) is 22.7 Å². The van der Waals surface area contributed by atoms with Crippen LogP contribution in [0.2, 0.25) is 0 Å². The number of amides is 1. The van der Waals surface area contributed by atoms with Crippen LogP contribution in [-0.4, -0.2) is 30.1 Å². The van der Waals surface area contributed by atoms with Crippen molar-refractivity contribution < 1.29 is 28.0 Å². The van der Waals surface area contributed by atoms with Gasteiger partial charge in [-0.2, -0.15) is 0 Å². The summed E-state index contributed by atoms with van der Waals surface area (Å²) in [4.78, 5) is 37.7. The van der Waals surface area contributed by atoms with E-state index in [1.54, 1.807) is 24.3 Å². The molecule has 1 atom stereocenters. The van der Waals surface area contributed by atoms with E-state index in [-0.39, 0.29) is 21.8 Å². The molecule has 1 aliphatic heterocycles. The molecule has 178 valence electrons. The fraction of sp³-hybridized carbons (Fsp3) is 0.0833. The maximum Gasteiger partial charge on any atom is 0.300 e. The van der Waals surface area contributed by atoms with Crippen molar-refractivity contribution in [3.8, 4) is 0 Å². The van der Waals surface area contributed by atoms with E-state index in [1.807, 2.05) is 6.92 Å². The number of aryl methyl sites for hydroxylation is 1. The summed E-state index contributed by atoms with van der Waals surface area (Å²) in [6.45, 7) is 1.85. The molecule has 10 nitrogen and oxygen atoms in total. The van der Waals surface area contributed by atoms with E-state index in [0.29, 0.717) is 11.1 Å². The summed E-state index contributed by atoms with van der Waals surface area (Å²) in [5.41, 5.74) is 1.34. The summed E-state index contributed by atoms with van der Waals surface area (Å²) in [6.07, 6.45) is 0. The molecular formula is C24H19N3O7S. The number of nitrogens with two attached hydrogens (primary N) is 1. The summed E-state index contributed by atoms with van der Waals surface area (Å²) >= 11 is 0. The Morgan fingerprint density at radius 2 is 1.54 bits per heavy atom. The van der Waals surface area contributed by atoms with E-state index in [0.717, 1.165) is 10.5 Å². The number of primary sulfonamides is 1. The van der Waals surface area contributed by atoms with E-state index in [1.165, 1.54) is 48.5 Å². The highest BCUT2D eigenvalue weighted by Gasteiger charge is 2.47. The van der Waals surface area contributed by atoms with Crippen LogP contribution in [0, 0.1) is 17.0 Å². The van der Waals surface area contributed by atoms with Crippen LogP contribution in [0.25, 0.3) is 5.76 Å². The van der Waals surface area contributed by atoms with Crippen LogP contribution in [0.4, 0.5) is 11.4 Å². The number of nitro groups is 1. The van der Waals surface area contributed by atoms with Crippen LogP contribution in [-0.2, 0) is 19.6 Å². The standard InChI is InChI=1S/C24H19N3O7S/c1-14-2-4-16(5-3-14)22(28)20-21(15-6-8-18(9-7-15)27(31)32)26(24(30)23(20)29)17-10-12-19(13-11-17)35(25,33)34/h2-13,21,28H,1H3,(H2,25,33,34)/b22-20+. The molecule has 4 rings (SSSR count). The molecule has 1 aliphatic rings. The zero-order valence-electron chi connectivity index (χ0n) is 18.3. The Hall–Kier alpha value is -4.35. The molecule has 0 spiro atoms. The first-order valence-corrected chi connectivity index (χ1v) is 11.8. The van der Waals surface area contributed by atoms with Gasteiger partial charge in [0, 0.05) is 23.4 Å². The van der Waals surface area contributed by atoms with Gasteiger partial charge in [-0.15, -0.1) is 0 Å². The number of ketones is 1. The first kappa shape index (κ1) is 23.8. The van der Waals surface area contributed by atoms with Crippen LogP contribution in [0.5, 0.6) is 0 Å². The third kappa shape index (κ3) is 4.42.